The number of allylic oxidation sites excluding steroid dienone is 2. The van der Waals surface area contributed by atoms with Gasteiger partial charge >= 0.3 is 11.9 Å². The summed E-state index contributed by atoms with van der Waals surface area (Å²) in [6.07, 6.45) is -0.623. The third kappa shape index (κ3) is 7.28. The SMILES string of the molecule is CC1=C(C(=O)OC(C)CN2CCOCC2)C(c2ccccc2)C(C(=O)OC(C)CN2CCOCC2)=C(C)N1C. The molecular formula is C30H43N3O6. The van der Waals surface area contributed by atoms with Crippen molar-refractivity contribution in [1.29, 1.82) is 0 Å². The summed E-state index contributed by atoms with van der Waals surface area (Å²) in [5.41, 5.74) is 3.32. The van der Waals surface area contributed by atoms with Crippen LogP contribution in [-0.4, -0.2) is 112 Å². The van der Waals surface area contributed by atoms with E-state index in [0.717, 1.165) is 43.1 Å². The number of rotatable bonds is 9. The molecule has 1 aromatic rings. The molecule has 3 aliphatic heterocycles. The summed E-state index contributed by atoms with van der Waals surface area (Å²) in [5.74, 6) is -1.41. The van der Waals surface area contributed by atoms with Crippen LogP contribution in [0.3, 0.4) is 0 Å². The van der Waals surface area contributed by atoms with Crippen molar-refractivity contribution in [2.75, 3.05) is 72.7 Å². The van der Waals surface area contributed by atoms with E-state index in [2.05, 4.69) is 9.80 Å². The molecule has 1 aromatic carbocycles. The molecule has 2 atom stereocenters. The molecule has 0 radical (unpaired) electrons. The van der Waals surface area contributed by atoms with Crippen LogP contribution in [0.1, 0.15) is 39.2 Å². The number of benzene rings is 1. The molecule has 0 amide bonds. The van der Waals surface area contributed by atoms with Gasteiger partial charge in [0.05, 0.1) is 43.5 Å². The Balaban J connectivity index is 1.57. The van der Waals surface area contributed by atoms with Crippen molar-refractivity contribution in [3.8, 4) is 0 Å². The molecule has 0 aliphatic carbocycles. The van der Waals surface area contributed by atoms with Gasteiger partial charge in [0.1, 0.15) is 12.2 Å². The van der Waals surface area contributed by atoms with E-state index in [1.54, 1.807) is 0 Å². The van der Waals surface area contributed by atoms with Gasteiger partial charge in [0.15, 0.2) is 0 Å². The molecule has 0 bridgehead atoms. The van der Waals surface area contributed by atoms with Gasteiger partial charge in [-0.15, -0.1) is 0 Å². The Morgan fingerprint density at radius 2 is 1.21 bits per heavy atom. The van der Waals surface area contributed by atoms with Crippen LogP contribution in [-0.2, 0) is 28.5 Å². The maximum absolute atomic E-state index is 13.8. The third-order valence-electron chi connectivity index (χ3n) is 7.79. The third-order valence-corrected chi connectivity index (χ3v) is 7.79. The maximum Gasteiger partial charge on any atom is 0.337 e. The molecule has 4 rings (SSSR count). The summed E-state index contributed by atoms with van der Waals surface area (Å²) >= 11 is 0. The summed E-state index contributed by atoms with van der Waals surface area (Å²) in [4.78, 5) is 34.0. The first-order valence-corrected chi connectivity index (χ1v) is 14.0. The summed E-state index contributed by atoms with van der Waals surface area (Å²) in [6.45, 7) is 14.9. The molecule has 2 unspecified atom stereocenters. The first-order chi connectivity index (χ1) is 18.8. The van der Waals surface area contributed by atoms with Gasteiger partial charge in [-0.1, -0.05) is 30.3 Å². The number of esters is 2. The van der Waals surface area contributed by atoms with Crippen LogP contribution < -0.4 is 0 Å². The lowest BCUT2D eigenvalue weighted by atomic mass is 9.80. The number of hydrogen-bond acceptors (Lipinski definition) is 9. The van der Waals surface area contributed by atoms with Crippen molar-refractivity contribution in [2.45, 2.75) is 45.8 Å². The number of hydrogen-bond donors (Lipinski definition) is 0. The zero-order valence-corrected chi connectivity index (χ0v) is 24.0. The van der Waals surface area contributed by atoms with E-state index in [-0.39, 0.29) is 12.2 Å². The van der Waals surface area contributed by atoms with Gasteiger partial charge < -0.3 is 23.8 Å². The van der Waals surface area contributed by atoms with E-state index in [4.69, 9.17) is 18.9 Å². The van der Waals surface area contributed by atoms with Crippen molar-refractivity contribution < 1.29 is 28.5 Å². The second-order valence-electron chi connectivity index (χ2n) is 10.7. The fourth-order valence-electron chi connectivity index (χ4n) is 5.55. The van der Waals surface area contributed by atoms with Crippen molar-refractivity contribution in [2.24, 2.45) is 0 Å². The Hall–Kier alpha value is -2.72. The van der Waals surface area contributed by atoms with Gasteiger partial charge in [0, 0.05) is 57.7 Å². The monoisotopic (exact) mass is 541 g/mol. The summed E-state index contributed by atoms with van der Waals surface area (Å²) < 4.78 is 22.9. The van der Waals surface area contributed by atoms with E-state index in [0.29, 0.717) is 50.7 Å². The minimum Gasteiger partial charge on any atom is -0.458 e. The zero-order valence-electron chi connectivity index (χ0n) is 24.0. The predicted molar refractivity (Wildman–Crippen MR) is 148 cm³/mol. The van der Waals surface area contributed by atoms with Crippen LogP contribution in [0.15, 0.2) is 52.9 Å². The van der Waals surface area contributed by atoms with E-state index >= 15 is 0 Å². The number of carbonyl (C=O) groups excluding carboxylic acids is 2. The summed E-state index contributed by atoms with van der Waals surface area (Å²) in [7, 11) is 1.88. The predicted octanol–water partition coefficient (Wildman–Crippen LogP) is 2.79. The van der Waals surface area contributed by atoms with Gasteiger partial charge in [-0.05, 0) is 33.3 Å². The minimum atomic E-state index is -0.589. The highest BCUT2D eigenvalue weighted by Crippen LogP contribution is 2.42. The molecule has 2 fully saturated rings. The van der Waals surface area contributed by atoms with Crippen LogP contribution in [0.2, 0.25) is 0 Å². The van der Waals surface area contributed by atoms with E-state index in [1.165, 1.54) is 0 Å². The van der Waals surface area contributed by atoms with Gasteiger partial charge in [-0.2, -0.15) is 0 Å². The highest BCUT2D eigenvalue weighted by atomic mass is 16.5. The molecule has 39 heavy (non-hydrogen) atoms. The van der Waals surface area contributed by atoms with Gasteiger partial charge in [0.2, 0.25) is 0 Å². The lowest BCUT2D eigenvalue weighted by Crippen LogP contribution is -2.42. The second-order valence-corrected chi connectivity index (χ2v) is 10.7. The Labute approximate surface area is 232 Å². The topological polar surface area (TPSA) is 80.8 Å². The van der Waals surface area contributed by atoms with Crippen molar-refractivity contribution >= 4 is 11.9 Å². The molecule has 0 saturated carbocycles. The van der Waals surface area contributed by atoms with Crippen molar-refractivity contribution in [1.82, 2.24) is 14.7 Å². The van der Waals surface area contributed by atoms with E-state index < -0.39 is 17.9 Å². The van der Waals surface area contributed by atoms with Gasteiger partial charge in [-0.25, -0.2) is 9.59 Å². The lowest BCUT2D eigenvalue weighted by molar-refractivity contribution is -0.146. The quantitative estimate of drug-likeness (QED) is 0.439. The molecule has 9 heteroatoms. The second kappa shape index (κ2) is 13.6. The molecule has 2 saturated heterocycles. The van der Waals surface area contributed by atoms with Crippen LogP contribution >= 0.6 is 0 Å². The van der Waals surface area contributed by atoms with Crippen LogP contribution in [0, 0.1) is 0 Å². The molecule has 214 valence electrons. The molecule has 9 nitrogen and oxygen atoms in total. The first kappa shape index (κ1) is 29.3. The standard InChI is InChI=1S/C30H43N3O6/c1-21(19-32-11-15-36-16-12-32)38-29(34)26-23(3)31(5)24(4)27(28(26)25-9-7-6-8-10-25)30(35)39-22(2)20-33-13-17-37-18-14-33/h6-10,21-22,28H,11-20H2,1-5H3. The summed E-state index contributed by atoms with van der Waals surface area (Å²) in [5, 5.41) is 0. The molecule has 0 spiro atoms. The smallest absolute Gasteiger partial charge is 0.337 e. The Bertz CT molecular complexity index is 996. The van der Waals surface area contributed by atoms with Crippen LogP contribution in [0.25, 0.3) is 0 Å². The largest absolute Gasteiger partial charge is 0.458 e. The fourth-order valence-corrected chi connectivity index (χ4v) is 5.55. The first-order valence-electron chi connectivity index (χ1n) is 14.0. The van der Waals surface area contributed by atoms with Gasteiger partial charge in [-0.3, -0.25) is 9.80 Å². The average molecular weight is 542 g/mol. The zero-order chi connectivity index (χ0) is 27.9. The van der Waals surface area contributed by atoms with E-state index in [9.17, 15) is 9.59 Å². The fraction of sp³-hybridized carbons (Fsp3) is 0.600. The number of ether oxygens (including phenoxy) is 4. The van der Waals surface area contributed by atoms with Crippen LogP contribution in [0.4, 0.5) is 0 Å². The normalized spacial score (nSPS) is 23.0. The molecule has 0 aromatic heterocycles. The van der Waals surface area contributed by atoms with Gasteiger partial charge in [0.25, 0.3) is 0 Å². The Kier molecular flexibility index (Phi) is 10.2. The van der Waals surface area contributed by atoms with Crippen molar-refractivity contribution in [3.05, 3.63) is 58.4 Å². The lowest BCUT2D eigenvalue weighted by Gasteiger charge is -2.37. The minimum absolute atomic E-state index is 0.312. The number of carbonyl (C=O) groups is 2. The molecule has 3 aliphatic rings. The number of nitrogens with zero attached hydrogens (tertiary/aromatic N) is 3. The van der Waals surface area contributed by atoms with Crippen molar-refractivity contribution in [3.63, 3.8) is 0 Å². The van der Waals surface area contributed by atoms with E-state index in [1.807, 2.05) is 70.0 Å². The Morgan fingerprint density at radius 1 is 0.795 bits per heavy atom. The maximum atomic E-state index is 13.8. The number of morpholine rings is 2. The average Bonchev–Trinajstić information content (AvgIpc) is 2.92. The Morgan fingerprint density at radius 3 is 1.62 bits per heavy atom. The molecule has 3 heterocycles. The highest BCUT2D eigenvalue weighted by Gasteiger charge is 2.40. The highest BCUT2D eigenvalue weighted by molar-refractivity contribution is 6.00. The van der Waals surface area contributed by atoms with Crippen LogP contribution in [0.5, 0.6) is 0 Å². The summed E-state index contributed by atoms with van der Waals surface area (Å²) in [6, 6.07) is 9.67. The molecule has 0 N–H and O–H groups in total. The molecular weight excluding hydrogens is 498 g/mol.